The molecule has 1 fully saturated rings. The van der Waals surface area contributed by atoms with Gasteiger partial charge in [0.2, 0.25) is 0 Å². The number of ether oxygens (including phenoxy) is 1. The summed E-state index contributed by atoms with van der Waals surface area (Å²) >= 11 is 1.42. The third-order valence-corrected chi connectivity index (χ3v) is 5.02. The Labute approximate surface area is 121 Å². The van der Waals surface area contributed by atoms with Crippen LogP contribution in [0.15, 0.2) is 18.2 Å². The number of hydrogen-bond acceptors (Lipinski definition) is 4. The Hall–Kier alpha value is -1.75. The summed E-state index contributed by atoms with van der Waals surface area (Å²) in [7, 11) is 1.63. The van der Waals surface area contributed by atoms with E-state index < -0.39 is 0 Å². The Balaban J connectivity index is 1.87. The van der Waals surface area contributed by atoms with E-state index in [1.807, 2.05) is 18.2 Å². The molecule has 0 saturated heterocycles. The first-order valence-electron chi connectivity index (χ1n) is 6.75. The van der Waals surface area contributed by atoms with Gasteiger partial charge in [0.1, 0.15) is 10.6 Å². The number of carbonyl (C=O) groups excluding carboxylic acids is 1. The Morgan fingerprint density at radius 1 is 1.45 bits per heavy atom. The van der Waals surface area contributed by atoms with Gasteiger partial charge in [-0.05, 0) is 37.0 Å². The predicted octanol–water partition coefficient (Wildman–Crippen LogP) is 3.02. The van der Waals surface area contributed by atoms with Crippen LogP contribution in [0, 0.1) is 5.92 Å². The Kier molecular flexibility index (Phi) is 3.30. The fraction of sp³-hybridized carbons (Fsp3) is 0.400. The van der Waals surface area contributed by atoms with Crippen molar-refractivity contribution >= 4 is 33.0 Å². The molecule has 0 atom stereocenters. The molecule has 1 aromatic heterocycles. The second kappa shape index (κ2) is 4.98. The molecule has 0 radical (unpaired) electrons. The summed E-state index contributed by atoms with van der Waals surface area (Å²) in [6.45, 7) is 2.20. The zero-order chi connectivity index (χ0) is 14.3. The number of hydrogen-bond donors (Lipinski definition) is 2. The van der Waals surface area contributed by atoms with Crippen molar-refractivity contribution in [1.82, 2.24) is 5.32 Å². The molecule has 1 aliphatic carbocycles. The lowest BCUT2D eigenvalue weighted by atomic mass is 9.82. The molecule has 1 amide bonds. The number of rotatable bonds is 3. The maximum atomic E-state index is 12.3. The molecular weight excluding hydrogens is 272 g/mol. The van der Waals surface area contributed by atoms with Crippen molar-refractivity contribution in [3.63, 3.8) is 0 Å². The number of thiophene rings is 1. The molecule has 0 aliphatic heterocycles. The van der Waals surface area contributed by atoms with Crippen molar-refractivity contribution in [2.24, 2.45) is 5.92 Å². The lowest BCUT2D eigenvalue weighted by Crippen LogP contribution is -2.43. The molecule has 106 valence electrons. The molecule has 5 heteroatoms. The van der Waals surface area contributed by atoms with E-state index in [0.717, 1.165) is 28.7 Å². The van der Waals surface area contributed by atoms with Crippen molar-refractivity contribution in [3.8, 4) is 5.75 Å². The molecule has 3 rings (SSSR count). The van der Waals surface area contributed by atoms with Gasteiger partial charge < -0.3 is 15.8 Å². The third-order valence-electron chi connectivity index (χ3n) is 3.85. The van der Waals surface area contributed by atoms with Crippen LogP contribution in [-0.4, -0.2) is 19.1 Å². The van der Waals surface area contributed by atoms with Crippen LogP contribution < -0.4 is 15.8 Å². The molecule has 1 heterocycles. The number of benzene rings is 1. The van der Waals surface area contributed by atoms with Gasteiger partial charge in [0, 0.05) is 16.1 Å². The maximum Gasteiger partial charge on any atom is 0.263 e. The average molecular weight is 290 g/mol. The summed E-state index contributed by atoms with van der Waals surface area (Å²) in [6.07, 6.45) is 2.12. The van der Waals surface area contributed by atoms with Crippen molar-refractivity contribution in [2.75, 3.05) is 12.8 Å². The lowest BCUT2D eigenvalue weighted by Gasteiger charge is -2.33. The average Bonchev–Trinajstić information content (AvgIpc) is 2.73. The molecule has 2 aromatic rings. The number of nitrogens with one attached hydrogen (secondary N) is 1. The quantitative estimate of drug-likeness (QED) is 0.913. The van der Waals surface area contributed by atoms with Crippen LogP contribution in [0.4, 0.5) is 5.69 Å². The molecule has 20 heavy (non-hydrogen) atoms. The number of amides is 1. The van der Waals surface area contributed by atoms with Gasteiger partial charge in [-0.25, -0.2) is 0 Å². The van der Waals surface area contributed by atoms with E-state index in [4.69, 9.17) is 10.5 Å². The Bertz CT molecular complexity index is 659. The standard InChI is InChI=1S/C15H18N2O2S/c1-8-5-9(6-8)17-15(18)14-13(16)11-4-3-10(19-2)7-12(11)20-14/h3-4,7-9H,5-6,16H2,1-2H3,(H,17,18). The highest BCUT2D eigenvalue weighted by Crippen LogP contribution is 2.36. The van der Waals surface area contributed by atoms with E-state index in [1.165, 1.54) is 11.3 Å². The molecule has 0 bridgehead atoms. The number of fused-ring (bicyclic) bond motifs is 1. The SMILES string of the molecule is COc1ccc2c(N)c(C(=O)NC3CC(C)C3)sc2c1. The van der Waals surface area contributed by atoms with Crippen LogP contribution in [0.2, 0.25) is 0 Å². The predicted molar refractivity (Wildman–Crippen MR) is 82.4 cm³/mol. The molecule has 1 aliphatic rings. The first-order chi connectivity index (χ1) is 9.58. The lowest BCUT2D eigenvalue weighted by molar-refractivity contribution is 0.0901. The number of methoxy groups -OCH3 is 1. The van der Waals surface area contributed by atoms with Crippen LogP contribution in [0.1, 0.15) is 29.4 Å². The molecule has 0 unspecified atom stereocenters. The van der Waals surface area contributed by atoms with Gasteiger partial charge in [-0.3, -0.25) is 4.79 Å². The van der Waals surface area contributed by atoms with Gasteiger partial charge in [0.05, 0.1) is 12.8 Å². The van der Waals surface area contributed by atoms with Crippen molar-refractivity contribution in [2.45, 2.75) is 25.8 Å². The minimum atomic E-state index is -0.0560. The highest BCUT2D eigenvalue weighted by molar-refractivity contribution is 7.21. The molecule has 0 spiro atoms. The minimum absolute atomic E-state index is 0.0560. The highest BCUT2D eigenvalue weighted by Gasteiger charge is 2.28. The zero-order valence-electron chi connectivity index (χ0n) is 11.6. The molecule has 3 N–H and O–H groups in total. The summed E-state index contributed by atoms with van der Waals surface area (Å²) in [6, 6.07) is 5.98. The largest absolute Gasteiger partial charge is 0.497 e. The van der Waals surface area contributed by atoms with Crippen LogP contribution in [0.5, 0.6) is 5.75 Å². The first kappa shape index (κ1) is 13.2. The van der Waals surface area contributed by atoms with E-state index in [9.17, 15) is 4.79 Å². The Morgan fingerprint density at radius 2 is 2.20 bits per heavy atom. The maximum absolute atomic E-state index is 12.3. The number of carbonyl (C=O) groups is 1. The zero-order valence-corrected chi connectivity index (χ0v) is 12.4. The number of nitrogen functional groups attached to an aromatic ring is 1. The van der Waals surface area contributed by atoms with E-state index in [1.54, 1.807) is 7.11 Å². The second-order valence-corrected chi connectivity index (χ2v) is 6.51. The van der Waals surface area contributed by atoms with Gasteiger partial charge in [-0.2, -0.15) is 0 Å². The summed E-state index contributed by atoms with van der Waals surface area (Å²) in [5.74, 6) is 1.43. The van der Waals surface area contributed by atoms with Crippen LogP contribution in [0.3, 0.4) is 0 Å². The smallest absolute Gasteiger partial charge is 0.263 e. The highest BCUT2D eigenvalue weighted by atomic mass is 32.1. The molecule has 1 saturated carbocycles. The van der Waals surface area contributed by atoms with Gasteiger partial charge in [-0.1, -0.05) is 6.92 Å². The second-order valence-electron chi connectivity index (χ2n) is 5.45. The monoisotopic (exact) mass is 290 g/mol. The van der Waals surface area contributed by atoms with E-state index >= 15 is 0 Å². The first-order valence-corrected chi connectivity index (χ1v) is 7.57. The normalized spacial score (nSPS) is 21.5. The van der Waals surface area contributed by atoms with Gasteiger partial charge in [-0.15, -0.1) is 11.3 Å². The summed E-state index contributed by atoms with van der Waals surface area (Å²) in [5, 5.41) is 3.97. The van der Waals surface area contributed by atoms with Crippen LogP contribution >= 0.6 is 11.3 Å². The van der Waals surface area contributed by atoms with E-state index in [2.05, 4.69) is 12.2 Å². The summed E-state index contributed by atoms with van der Waals surface area (Å²) in [5.41, 5.74) is 6.67. The van der Waals surface area contributed by atoms with Crippen molar-refractivity contribution in [3.05, 3.63) is 23.1 Å². The number of anilines is 1. The molecule has 4 nitrogen and oxygen atoms in total. The van der Waals surface area contributed by atoms with Crippen LogP contribution in [-0.2, 0) is 0 Å². The van der Waals surface area contributed by atoms with E-state index in [0.29, 0.717) is 22.5 Å². The van der Waals surface area contributed by atoms with Crippen molar-refractivity contribution < 1.29 is 9.53 Å². The van der Waals surface area contributed by atoms with Gasteiger partial charge in [0.15, 0.2) is 0 Å². The third kappa shape index (κ3) is 2.22. The molecular formula is C15H18N2O2S. The topological polar surface area (TPSA) is 64.3 Å². The molecule has 1 aromatic carbocycles. The minimum Gasteiger partial charge on any atom is -0.497 e. The van der Waals surface area contributed by atoms with Gasteiger partial charge in [0.25, 0.3) is 5.91 Å². The summed E-state index contributed by atoms with van der Waals surface area (Å²) < 4.78 is 6.18. The van der Waals surface area contributed by atoms with Gasteiger partial charge >= 0.3 is 0 Å². The number of nitrogens with two attached hydrogens (primary N) is 1. The van der Waals surface area contributed by atoms with E-state index in [-0.39, 0.29) is 5.91 Å². The van der Waals surface area contributed by atoms with Crippen LogP contribution in [0.25, 0.3) is 10.1 Å². The fourth-order valence-corrected chi connectivity index (χ4v) is 3.72. The fourth-order valence-electron chi connectivity index (χ4n) is 2.66. The summed E-state index contributed by atoms with van der Waals surface area (Å²) in [4.78, 5) is 12.9. The van der Waals surface area contributed by atoms with Crippen molar-refractivity contribution in [1.29, 1.82) is 0 Å². The Morgan fingerprint density at radius 3 is 2.85 bits per heavy atom.